The normalized spacial score (nSPS) is 14.8. The van der Waals surface area contributed by atoms with Crippen LogP contribution in [0, 0.1) is 17.6 Å². The molecule has 7 heteroatoms. The van der Waals surface area contributed by atoms with Gasteiger partial charge in [-0.05, 0) is 47.9 Å². The van der Waals surface area contributed by atoms with Crippen LogP contribution in [0.5, 0.6) is 0 Å². The minimum atomic E-state index is -1.24. The van der Waals surface area contributed by atoms with Crippen molar-refractivity contribution in [2.45, 2.75) is 23.8 Å². The molecule has 2 atom stereocenters. The Morgan fingerprint density at radius 3 is 2.27 bits per heavy atom. The van der Waals surface area contributed by atoms with Gasteiger partial charge in [0.15, 0.2) is 0 Å². The summed E-state index contributed by atoms with van der Waals surface area (Å²) in [5, 5.41) is 21.8. The van der Waals surface area contributed by atoms with E-state index in [1.165, 1.54) is 36.0 Å². The maximum absolute atomic E-state index is 13.3. The Hall–Kier alpha value is -2.25. The van der Waals surface area contributed by atoms with Crippen LogP contribution in [0.1, 0.15) is 18.2 Å². The van der Waals surface area contributed by atoms with Crippen LogP contribution in [0.15, 0.2) is 59.6 Å². The van der Waals surface area contributed by atoms with Gasteiger partial charge < -0.3 is 5.11 Å². The lowest BCUT2D eigenvalue weighted by Crippen LogP contribution is -2.37. The maximum Gasteiger partial charge on any atom is 0.123 e. The van der Waals surface area contributed by atoms with E-state index in [0.29, 0.717) is 17.0 Å². The summed E-state index contributed by atoms with van der Waals surface area (Å²) in [5.74, 6) is -0.223. The standard InChI is InChI=1S/C19H19F2N3OS/c1-13(12-26-18-8-6-16(21)7-9-18)19(25,10-17-11-22-24-23-17)14-2-4-15(20)5-3-14/h2-9,11,13,25H,10,12H2,1H3,(H,22,23,24). The fourth-order valence-electron chi connectivity index (χ4n) is 2.78. The summed E-state index contributed by atoms with van der Waals surface area (Å²) < 4.78 is 26.4. The number of halogens is 2. The predicted octanol–water partition coefficient (Wildman–Crippen LogP) is 3.94. The Morgan fingerprint density at radius 2 is 1.69 bits per heavy atom. The molecule has 0 amide bonds. The van der Waals surface area contributed by atoms with Crippen LogP contribution >= 0.6 is 11.8 Å². The molecule has 0 spiro atoms. The Morgan fingerprint density at radius 1 is 1.08 bits per heavy atom. The molecule has 0 saturated carbocycles. The molecule has 2 N–H and O–H groups in total. The van der Waals surface area contributed by atoms with Gasteiger partial charge in [0.1, 0.15) is 11.6 Å². The van der Waals surface area contributed by atoms with Gasteiger partial charge >= 0.3 is 0 Å². The number of benzene rings is 2. The minimum absolute atomic E-state index is 0.181. The fraction of sp³-hybridized carbons (Fsp3) is 0.263. The maximum atomic E-state index is 13.3. The zero-order chi connectivity index (χ0) is 18.6. The fourth-order valence-corrected chi connectivity index (χ4v) is 3.82. The van der Waals surface area contributed by atoms with Crippen LogP contribution in [0.3, 0.4) is 0 Å². The van der Waals surface area contributed by atoms with Gasteiger partial charge in [-0.3, -0.25) is 0 Å². The lowest BCUT2D eigenvalue weighted by molar-refractivity contribution is -0.00903. The van der Waals surface area contributed by atoms with Crippen LogP contribution in [0.2, 0.25) is 0 Å². The molecule has 0 saturated heterocycles. The molecule has 2 unspecified atom stereocenters. The van der Waals surface area contributed by atoms with E-state index in [9.17, 15) is 13.9 Å². The van der Waals surface area contributed by atoms with Crippen molar-refractivity contribution in [3.63, 3.8) is 0 Å². The van der Waals surface area contributed by atoms with Gasteiger partial charge in [-0.25, -0.2) is 8.78 Å². The van der Waals surface area contributed by atoms with Gasteiger partial charge in [-0.2, -0.15) is 15.4 Å². The Kier molecular flexibility index (Phi) is 5.68. The van der Waals surface area contributed by atoms with Crippen LogP contribution in [0.4, 0.5) is 8.78 Å². The summed E-state index contributed by atoms with van der Waals surface area (Å²) in [7, 11) is 0. The van der Waals surface area contributed by atoms with Crippen LogP contribution < -0.4 is 0 Å². The summed E-state index contributed by atoms with van der Waals surface area (Å²) in [4.78, 5) is 0.918. The second kappa shape index (κ2) is 7.97. The number of H-pyrrole nitrogens is 1. The summed E-state index contributed by atoms with van der Waals surface area (Å²) in [6.07, 6.45) is 1.81. The van der Waals surface area contributed by atoms with Crippen LogP contribution in [-0.4, -0.2) is 26.3 Å². The van der Waals surface area contributed by atoms with Crippen molar-refractivity contribution in [1.82, 2.24) is 15.4 Å². The largest absolute Gasteiger partial charge is 0.384 e. The summed E-state index contributed by atoms with van der Waals surface area (Å²) >= 11 is 1.53. The molecular formula is C19H19F2N3OS. The molecule has 0 radical (unpaired) electrons. The summed E-state index contributed by atoms with van der Waals surface area (Å²) in [6.45, 7) is 1.93. The molecule has 3 rings (SSSR count). The topological polar surface area (TPSA) is 61.8 Å². The van der Waals surface area contributed by atoms with Crippen LogP contribution in [-0.2, 0) is 12.0 Å². The smallest absolute Gasteiger partial charge is 0.123 e. The Balaban J connectivity index is 1.81. The molecule has 3 aromatic rings. The van der Waals surface area contributed by atoms with E-state index in [4.69, 9.17) is 0 Å². The Bertz CT molecular complexity index is 825. The van der Waals surface area contributed by atoms with Crippen LogP contribution in [0.25, 0.3) is 0 Å². The molecule has 136 valence electrons. The van der Waals surface area contributed by atoms with E-state index < -0.39 is 5.60 Å². The van der Waals surface area contributed by atoms with Crippen molar-refractivity contribution in [3.05, 3.63) is 77.6 Å². The molecule has 0 aliphatic carbocycles. The van der Waals surface area contributed by atoms with E-state index in [-0.39, 0.29) is 24.0 Å². The van der Waals surface area contributed by atoms with E-state index in [0.717, 1.165) is 4.90 Å². The lowest BCUT2D eigenvalue weighted by atomic mass is 9.80. The first-order valence-corrected chi connectivity index (χ1v) is 9.17. The SMILES string of the molecule is CC(CSc1ccc(F)cc1)C(O)(Cc1cn[nH]n1)c1ccc(F)cc1. The number of thioether (sulfide) groups is 1. The number of nitrogens with one attached hydrogen (secondary N) is 1. The molecule has 1 aromatic heterocycles. The lowest BCUT2D eigenvalue weighted by Gasteiger charge is -2.34. The van der Waals surface area contributed by atoms with Crippen molar-refractivity contribution in [3.8, 4) is 0 Å². The average Bonchev–Trinajstić information content (AvgIpc) is 3.14. The molecule has 0 aliphatic rings. The van der Waals surface area contributed by atoms with Gasteiger partial charge in [0.2, 0.25) is 0 Å². The van der Waals surface area contributed by atoms with Crippen molar-refractivity contribution < 1.29 is 13.9 Å². The molecule has 26 heavy (non-hydrogen) atoms. The average molecular weight is 375 g/mol. The quantitative estimate of drug-likeness (QED) is 0.614. The number of aromatic amines is 1. The van der Waals surface area contributed by atoms with Crippen molar-refractivity contribution in [1.29, 1.82) is 0 Å². The number of rotatable bonds is 7. The second-order valence-corrected chi connectivity index (χ2v) is 7.33. The van der Waals surface area contributed by atoms with Gasteiger partial charge in [0, 0.05) is 17.1 Å². The van der Waals surface area contributed by atoms with E-state index in [1.807, 2.05) is 6.92 Å². The monoisotopic (exact) mass is 375 g/mol. The number of aromatic nitrogens is 3. The number of nitrogens with zero attached hydrogens (tertiary/aromatic N) is 2. The predicted molar refractivity (Wildman–Crippen MR) is 96.7 cm³/mol. The Labute approximate surface area is 154 Å². The summed E-state index contributed by atoms with van der Waals surface area (Å²) in [6, 6.07) is 12.1. The number of hydrogen-bond donors (Lipinski definition) is 2. The highest BCUT2D eigenvalue weighted by molar-refractivity contribution is 7.99. The third kappa shape index (κ3) is 4.28. The summed E-state index contributed by atoms with van der Waals surface area (Å²) in [5.41, 5.74) is 0.00185. The van der Waals surface area contributed by atoms with Gasteiger partial charge in [0.25, 0.3) is 0 Å². The van der Waals surface area contributed by atoms with Gasteiger partial charge in [-0.15, -0.1) is 11.8 Å². The molecule has 1 heterocycles. The minimum Gasteiger partial charge on any atom is -0.384 e. The second-order valence-electron chi connectivity index (χ2n) is 6.24. The first-order valence-electron chi connectivity index (χ1n) is 8.19. The third-order valence-corrected chi connectivity index (χ3v) is 5.66. The van der Waals surface area contributed by atoms with E-state index in [2.05, 4.69) is 15.4 Å². The van der Waals surface area contributed by atoms with Crippen molar-refractivity contribution in [2.24, 2.45) is 5.92 Å². The zero-order valence-corrected chi connectivity index (χ0v) is 15.0. The first-order chi connectivity index (χ1) is 12.5. The highest BCUT2D eigenvalue weighted by Gasteiger charge is 2.36. The molecule has 0 fully saturated rings. The number of hydrogen-bond acceptors (Lipinski definition) is 4. The highest BCUT2D eigenvalue weighted by atomic mass is 32.2. The molecule has 4 nitrogen and oxygen atoms in total. The molecule has 2 aromatic carbocycles. The molecule has 0 aliphatic heterocycles. The van der Waals surface area contributed by atoms with Crippen molar-refractivity contribution >= 4 is 11.8 Å². The van der Waals surface area contributed by atoms with E-state index >= 15 is 0 Å². The van der Waals surface area contributed by atoms with Crippen molar-refractivity contribution in [2.75, 3.05) is 5.75 Å². The van der Waals surface area contributed by atoms with Gasteiger partial charge in [-0.1, -0.05) is 19.1 Å². The highest BCUT2D eigenvalue weighted by Crippen LogP contribution is 2.36. The van der Waals surface area contributed by atoms with Gasteiger partial charge in [0.05, 0.1) is 17.5 Å². The first kappa shape index (κ1) is 18.5. The molecular weight excluding hydrogens is 356 g/mol. The zero-order valence-electron chi connectivity index (χ0n) is 14.2. The van der Waals surface area contributed by atoms with E-state index in [1.54, 1.807) is 30.5 Å². The number of aliphatic hydroxyl groups is 1. The third-order valence-electron chi connectivity index (χ3n) is 4.39. The molecule has 0 bridgehead atoms.